The van der Waals surface area contributed by atoms with Crippen molar-refractivity contribution < 1.29 is 4.79 Å². The van der Waals surface area contributed by atoms with Crippen LogP contribution in [0.2, 0.25) is 0 Å². The molecule has 5 heteroatoms. The Morgan fingerprint density at radius 1 is 1.45 bits per heavy atom. The van der Waals surface area contributed by atoms with Crippen LogP contribution >= 0.6 is 11.3 Å². The van der Waals surface area contributed by atoms with Gasteiger partial charge in [0.15, 0.2) is 5.92 Å². The van der Waals surface area contributed by atoms with Gasteiger partial charge in [0.25, 0.3) is 0 Å². The molecule has 0 radical (unpaired) electrons. The van der Waals surface area contributed by atoms with Gasteiger partial charge in [-0.25, -0.2) is 4.98 Å². The first-order valence-electron chi connectivity index (χ1n) is 6.41. The van der Waals surface area contributed by atoms with Gasteiger partial charge in [0, 0.05) is 18.0 Å². The summed E-state index contributed by atoms with van der Waals surface area (Å²) in [5.41, 5.74) is 0.835. The van der Waals surface area contributed by atoms with Crippen molar-refractivity contribution in [2.75, 3.05) is 0 Å². The first kappa shape index (κ1) is 14.4. The molecular weight excluding hydrogens is 270 g/mol. The van der Waals surface area contributed by atoms with Crippen LogP contribution in [-0.2, 0) is 6.42 Å². The van der Waals surface area contributed by atoms with E-state index in [0.29, 0.717) is 17.3 Å². The van der Waals surface area contributed by atoms with Crippen LogP contribution in [0.15, 0.2) is 29.8 Å². The van der Waals surface area contributed by atoms with Crippen LogP contribution in [0.1, 0.15) is 41.0 Å². The van der Waals surface area contributed by atoms with Gasteiger partial charge in [-0.1, -0.05) is 19.9 Å². The summed E-state index contributed by atoms with van der Waals surface area (Å²) < 4.78 is 0. The minimum absolute atomic E-state index is 0.280. The van der Waals surface area contributed by atoms with Crippen molar-refractivity contribution in [3.05, 3.63) is 46.2 Å². The molecule has 0 aliphatic carbocycles. The quantitative estimate of drug-likeness (QED) is 0.791. The Bertz CT molecular complexity index is 628. The second-order valence-electron chi connectivity index (χ2n) is 4.91. The Balaban J connectivity index is 2.22. The summed E-state index contributed by atoms with van der Waals surface area (Å²) in [7, 11) is 0. The van der Waals surface area contributed by atoms with Crippen LogP contribution in [0.4, 0.5) is 0 Å². The molecule has 0 fully saturated rings. The molecule has 20 heavy (non-hydrogen) atoms. The summed E-state index contributed by atoms with van der Waals surface area (Å²) in [6.07, 6.45) is 2.43. The number of rotatable bonds is 5. The maximum atomic E-state index is 12.4. The van der Waals surface area contributed by atoms with Gasteiger partial charge in [0.1, 0.15) is 5.69 Å². The second-order valence-corrected chi connectivity index (χ2v) is 5.85. The second kappa shape index (κ2) is 6.40. The number of carbonyl (C=O) groups excluding carboxylic acids is 1. The Morgan fingerprint density at radius 2 is 2.25 bits per heavy atom. The normalized spacial score (nSPS) is 12.1. The third kappa shape index (κ3) is 3.28. The molecule has 2 heterocycles. The van der Waals surface area contributed by atoms with E-state index in [1.807, 2.05) is 6.07 Å². The average Bonchev–Trinajstić information content (AvgIpc) is 2.88. The molecule has 0 aromatic carbocycles. The standard InChI is InChI=1S/C15H15N3OS/c1-10(2)7-14-18-13(9-20-14)15(19)11(8-16)12-5-3-4-6-17-12/h3-6,9-11H,7H2,1-2H3/t11-/m1/s1. The zero-order chi connectivity index (χ0) is 14.5. The smallest absolute Gasteiger partial charge is 0.205 e. The molecule has 2 aromatic rings. The maximum Gasteiger partial charge on any atom is 0.205 e. The molecule has 0 aliphatic heterocycles. The van der Waals surface area contributed by atoms with Crippen LogP contribution < -0.4 is 0 Å². The molecule has 102 valence electrons. The molecular formula is C15H15N3OS. The summed E-state index contributed by atoms with van der Waals surface area (Å²) >= 11 is 1.47. The average molecular weight is 285 g/mol. The summed E-state index contributed by atoms with van der Waals surface area (Å²) in [6, 6.07) is 7.23. The van der Waals surface area contributed by atoms with E-state index in [1.54, 1.807) is 29.8 Å². The lowest BCUT2D eigenvalue weighted by Crippen LogP contribution is -2.13. The van der Waals surface area contributed by atoms with E-state index < -0.39 is 5.92 Å². The Morgan fingerprint density at radius 3 is 2.85 bits per heavy atom. The highest BCUT2D eigenvalue weighted by Gasteiger charge is 2.25. The monoisotopic (exact) mass is 285 g/mol. The van der Waals surface area contributed by atoms with Crippen LogP contribution in [0, 0.1) is 17.2 Å². The van der Waals surface area contributed by atoms with Gasteiger partial charge in [-0.3, -0.25) is 9.78 Å². The van der Waals surface area contributed by atoms with E-state index in [2.05, 4.69) is 23.8 Å². The minimum Gasteiger partial charge on any atom is -0.290 e. The molecule has 1 atom stereocenters. The van der Waals surface area contributed by atoms with Gasteiger partial charge in [-0.05, 0) is 18.1 Å². The van der Waals surface area contributed by atoms with Gasteiger partial charge < -0.3 is 0 Å². The zero-order valence-corrected chi connectivity index (χ0v) is 12.2. The van der Waals surface area contributed by atoms with Crippen molar-refractivity contribution in [3.8, 4) is 6.07 Å². The van der Waals surface area contributed by atoms with E-state index in [1.165, 1.54) is 11.3 Å². The van der Waals surface area contributed by atoms with Crippen molar-refractivity contribution in [3.63, 3.8) is 0 Å². The van der Waals surface area contributed by atoms with Crippen LogP contribution in [0.5, 0.6) is 0 Å². The molecule has 0 aliphatic rings. The molecule has 0 bridgehead atoms. The van der Waals surface area contributed by atoms with Crippen molar-refractivity contribution >= 4 is 17.1 Å². The zero-order valence-electron chi connectivity index (χ0n) is 11.4. The number of hydrogen-bond donors (Lipinski definition) is 0. The molecule has 0 amide bonds. The summed E-state index contributed by atoms with van der Waals surface area (Å²) in [5, 5.41) is 11.9. The molecule has 2 aromatic heterocycles. The number of aromatic nitrogens is 2. The number of Topliss-reactive ketones (excluding diaryl/α,β-unsaturated/α-hetero) is 1. The number of thiazole rings is 1. The number of hydrogen-bond acceptors (Lipinski definition) is 5. The number of carbonyl (C=O) groups is 1. The van der Waals surface area contributed by atoms with E-state index in [9.17, 15) is 10.1 Å². The predicted molar refractivity (Wildman–Crippen MR) is 77.6 cm³/mol. The number of pyridine rings is 1. The van der Waals surface area contributed by atoms with Gasteiger partial charge >= 0.3 is 0 Å². The topological polar surface area (TPSA) is 66.6 Å². The van der Waals surface area contributed by atoms with Crippen molar-refractivity contribution in [1.29, 1.82) is 5.26 Å². The lowest BCUT2D eigenvalue weighted by atomic mass is 9.99. The highest BCUT2D eigenvalue weighted by atomic mass is 32.1. The van der Waals surface area contributed by atoms with E-state index in [-0.39, 0.29) is 5.78 Å². The Labute approximate surface area is 122 Å². The number of nitrogens with zero attached hydrogens (tertiary/aromatic N) is 3. The summed E-state index contributed by atoms with van der Waals surface area (Å²) in [4.78, 5) is 20.8. The molecule has 0 spiro atoms. The van der Waals surface area contributed by atoms with Gasteiger partial charge in [-0.15, -0.1) is 11.3 Å². The van der Waals surface area contributed by atoms with Crippen LogP contribution in [0.3, 0.4) is 0 Å². The maximum absolute atomic E-state index is 12.4. The third-order valence-corrected chi connectivity index (χ3v) is 3.63. The lowest BCUT2D eigenvalue weighted by molar-refractivity contribution is 0.0973. The first-order chi connectivity index (χ1) is 9.61. The van der Waals surface area contributed by atoms with E-state index >= 15 is 0 Å². The highest BCUT2D eigenvalue weighted by molar-refractivity contribution is 7.09. The van der Waals surface area contributed by atoms with E-state index in [0.717, 1.165) is 11.4 Å². The number of ketones is 1. The minimum atomic E-state index is -0.884. The largest absolute Gasteiger partial charge is 0.290 e. The number of nitriles is 1. The van der Waals surface area contributed by atoms with Crippen LogP contribution in [0.25, 0.3) is 0 Å². The molecule has 4 nitrogen and oxygen atoms in total. The summed E-state index contributed by atoms with van der Waals surface area (Å²) in [5.74, 6) is -0.672. The Hall–Kier alpha value is -2.06. The molecule has 0 unspecified atom stereocenters. The molecule has 0 saturated carbocycles. The van der Waals surface area contributed by atoms with Gasteiger partial charge in [0.2, 0.25) is 5.78 Å². The fraction of sp³-hybridized carbons (Fsp3) is 0.333. The van der Waals surface area contributed by atoms with Gasteiger partial charge in [-0.2, -0.15) is 5.26 Å². The third-order valence-electron chi connectivity index (χ3n) is 2.76. The first-order valence-corrected chi connectivity index (χ1v) is 7.29. The van der Waals surface area contributed by atoms with Crippen molar-refractivity contribution in [2.45, 2.75) is 26.2 Å². The van der Waals surface area contributed by atoms with E-state index in [4.69, 9.17) is 0 Å². The van der Waals surface area contributed by atoms with Crippen molar-refractivity contribution in [1.82, 2.24) is 9.97 Å². The van der Waals surface area contributed by atoms with Gasteiger partial charge in [0.05, 0.1) is 16.8 Å². The predicted octanol–water partition coefficient (Wildman–Crippen LogP) is 3.23. The highest BCUT2D eigenvalue weighted by Crippen LogP contribution is 2.21. The summed E-state index contributed by atoms with van der Waals surface area (Å²) in [6.45, 7) is 4.21. The SMILES string of the molecule is CC(C)Cc1nc(C(=O)[C@H](C#N)c2ccccn2)cs1. The fourth-order valence-electron chi connectivity index (χ4n) is 1.82. The van der Waals surface area contributed by atoms with Crippen molar-refractivity contribution in [2.24, 2.45) is 5.92 Å². The van der Waals surface area contributed by atoms with Crippen LogP contribution in [-0.4, -0.2) is 15.8 Å². The lowest BCUT2D eigenvalue weighted by Gasteiger charge is -2.05. The molecule has 0 N–H and O–H groups in total. The fourth-order valence-corrected chi connectivity index (χ4v) is 2.82. The molecule has 0 saturated heterocycles. The Kier molecular flexibility index (Phi) is 4.59. The molecule has 2 rings (SSSR count).